The zero-order valence-electron chi connectivity index (χ0n) is 12.9. The van der Waals surface area contributed by atoms with Gasteiger partial charge in [0.1, 0.15) is 17.8 Å². The van der Waals surface area contributed by atoms with Crippen LogP contribution in [-0.4, -0.2) is 32.8 Å². The monoisotopic (exact) mass is 288 g/mol. The second kappa shape index (κ2) is 6.02. The molecule has 114 valence electrons. The summed E-state index contributed by atoms with van der Waals surface area (Å²) in [5.74, 6) is 0.837. The number of nitrogens with zero attached hydrogens (tertiary/aromatic N) is 3. The Morgan fingerprint density at radius 1 is 1.24 bits per heavy atom. The van der Waals surface area contributed by atoms with Gasteiger partial charge in [0, 0.05) is 18.3 Å². The molecule has 0 spiro atoms. The molecule has 2 heterocycles. The summed E-state index contributed by atoms with van der Waals surface area (Å²) in [6.07, 6.45) is 8.08. The van der Waals surface area contributed by atoms with E-state index in [0.717, 1.165) is 16.9 Å². The molecule has 0 amide bonds. The molecular formula is C16H24N4O. The van der Waals surface area contributed by atoms with Gasteiger partial charge in [-0.05, 0) is 32.3 Å². The van der Waals surface area contributed by atoms with E-state index in [4.69, 9.17) is 5.11 Å². The number of hydrogen-bond acceptors (Lipinski definition) is 4. The number of aliphatic hydroxyl groups excluding tert-OH is 1. The van der Waals surface area contributed by atoms with Crippen molar-refractivity contribution in [1.29, 1.82) is 0 Å². The molecule has 0 radical (unpaired) electrons. The summed E-state index contributed by atoms with van der Waals surface area (Å²) in [6.45, 7) is 4.94. The maximum Gasteiger partial charge on any atom is 0.146 e. The molecule has 2 aromatic rings. The largest absolute Gasteiger partial charge is 0.395 e. The first-order valence-electron chi connectivity index (χ1n) is 7.91. The van der Waals surface area contributed by atoms with Gasteiger partial charge in [0.2, 0.25) is 0 Å². The summed E-state index contributed by atoms with van der Waals surface area (Å²) in [5.41, 5.74) is 3.58. The van der Waals surface area contributed by atoms with Gasteiger partial charge in [-0.15, -0.1) is 0 Å². The zero-order chi connectivity index (χ0) is 14.8. The Bertz CT molecular complexity index is 629. The van der Waals surface area contributed by atoms with E-state index >= 15 is 0 Å². The highest BCUT2D eigenvalue weighted by Crippen LogP contribution is 2.36. The molecule has 0 unspecified atom stereocenters. The Balaban J connectivity index is 2.10. The van der Waals surface area contributed by atoms with Gasteiger partial charge in [-0.1, -0.05) is 19.3 Å². The fourth-order valence-corrected chi connectivity index (χ4v) is 3.52. The molecule has 0 atom stereocenters. The number of hydrogen-bond donors (Lipinski definition) is 2. The molecule has 0 bridgehead atoms. The summed E-state index contributed by atoms with van der Waals surface area (Å²) in [7, 11) is 0. The Morgan fingerprint density at radius 3 is 2.71 bits per heavy atom. The van der Waals surface area contributed by atoms with E-state index in [0.29, 0.717) is 12.6 Å². The van der Waals surface area contributed by atoms with Crippen LogP contribution in [0.5, 0.6) is 0 Å². The molecule has 2 aromatic heterocycles. The molecular weight excluding hydrogens is 264 g/mol. The highest BCUT2D eigenvalue weighted by molar-refractivity contribution is 5.92. The fourth-order valence-electron chi connectivity index (χ4n) is 3.52. The molecule has 0 aliphatic heterocycles. The van der Waals surface area contributed by atoms with E-state index in [1.54, 1.807) is 6.33 Å². The van der Waals surface area contributed by atoms with Crippen molar-refractivity contribution in [2.45, 2.75) is 52.0 Å². The first-order valence-corrected chi connectivity index (χ1v) is 7.91. The van der Waals surface area contributed by atoms with Crippen LogP contribution in [-0.2, 0) is 0 Å². The SMILES string of the molecule is Cc1c(C)n(C2CCCCC2)c2ncnc(NCCO)c12. The van der Waals surface area contributed by atoms with Crippen LogP contribution in [0.4, 0.5) is 5.82 Å². The van der Waals surface area contributed by atoms with Crippen LogP contribution in [0.1, 0.15) is 49.4 Å². The van der Waals surface area contributed by atoms with Crippen LogP contribution < -0.4 is 5.32 Å². The molecule has 1 fully saturated rings. The Labute approximate surface area is 125 Å². The fraction of sp³-hybridized carbons (Fsp3) is 0.625. The van der Waals surface area contributed by atoms with Gasteiger partial charge in [-0.3, -0.25) is 0 Å². The summed E-state index contributed by atoms with van der Waals surface area (Å²) in [6, 6.07) is 0.565. The molecule has 3 rings (SSSR count). The average Bonchev–Trinajstić information content (AvgIpc) is 2.78. The van der Waals surface area contributed by atoms with Crippen molar-refractivity contribution < 1.29 is 5.11 Å². The molecule has 5 nitrogen and oxygen atoms in total. The second-order valence-electron chi connectivity index (χ2n) is 5.94. The van der Waals surface area contributed by atoms with Crippen molar-refractivity contribution in [2.24, 2.45) is 0 Å². The van der Waals surface area contributed by atoms with Crippen LogP contribution in [0.3, 0.4) is 0 Å². The van der Waals surface area contributed by atoms with Gasteiger partial charge < -0.3 is 15.0 Å². The normalized spacial score (nSPS) is 16.5. The number of rotatable bonds is 4. The Morgan fingerprint density at radius 2 is 2.00 bits per heavy atom. The maximum atomic E-state index is 9.02. The second-order valence-corrected chi connectivity index (χ2v) is 5.94. The van der Waals surface area contributed by atoms with Crippen LogP contribution in [0.2, 0.25) is 0 Å². The van der Waals surface area contributed by atoms with E-state index in [2.05, 4.69) is 33.7 Å². The molecule has 1 aliphatic rings. The lowest BCUT2D eigenvalue weighted by molar-refractivity contribution is 0.311. The third-order valence-corrected chi connectivity index (χ3v) is 4.68. The molecule has 1 aliphatic carbocycles. The summed E-state index contributed by atoms with van der Waals surface area (Å²) < 4.78 is 2.41. The zero-order valence-corrected chi connectivity index (χ0v) is 12.9. The topological polar surface area (TPSA) is 63.0 Å². The minimum atomic E-state index is 0.104. The highest BCUT2D eigenvalue weighted by atomic mass is 16.3. The van der Waals surface area contributed by atoms with Crippen LogP contribution >= 0.6 is 0 Å². The maximum absolute atomic E-state index is 9.02. The van der Waals surface area contributed by atoms with E-state index in [1.165, 1.54) is 43.4 Å². The number of aromatic nitrogens is 3. The lowest BCUT2D eigenvalue weighted by Crippen LogP contribution is -2.14. The molecule has 2 N–H and O–H groups in total. The third kappa shape index (κ3) is 2.50. The van der Waals surface area contributed by atoms with Crippen molar-refractivity contribution in [1.82, 2.24) is 14.5 Å². The molecule has 5 heteroatoms. The highest BCUT2D eigenvalue weighted by Gasteiger charge is 2.23. The summed E-state index contributed by atoms with van der Waals surface area (Å²) in [5, 5.41) is 13.3. The quantitative estimate of drug-likeness (QED) is 0.908. The van der Waals surface area contributed by atoms with Crippen molar-refractivity contribution in [2.75, 3.05) is 18.5 Å². The standard InChI is InChI=1S/C16H24N4O/c1-11-12(2)20(13-6-4-3-5-7-13)16-14(11)15(17-8-9-21)18-10-19-16/h10,13,21H,3-9H2,1-2H3,(H,17,18,19). The number of anilines is 1. The minimum Gasteiger partial charge on any atom is -0.395 e. The first kappa shape index (κ1) is 14.3. The Kier molecular flexibility index (Phi) is 4.10. The summed E-state index contributed by atoms with van der Waals surface area (Å²) >= 11 is 0. The van der Waals surface area contributed by atoms with E-state index < -0.39 is 0 Å². The van der Waals surface area contributed by atoms with E-state index in [1.807, 2.05) is 0 Å². The minimum absolute atomic E-state index is 0.104. The van der Waals surface area contributed by atoms with Crippen LogP contribution in [0.25, 0.3) is 11.0 Å². The average molecular weight is 288 g/mol. The molecule has 0 aromatic carbocycles. The van der Waals surface area contributed by atoms with E-state index in [9.17, 15) is 0 Å². The van der Waals surface area contributed by atoms with Gasteiger partial charge >= 0.3 is 0 Å². The summed E-state index contributed by atoms with van der Waals surface area (Å²) in [4.78, 5) is 8.91. The predicted octanol–water partition coefficient (Wildman–Crippen LogP) is 2.96. The number of fused-ring (bicyclic) bond motifs is 1. The Hall–Kier alpha value is -1.62. The van der Waals surface area contributed by atoms with Crippen molar-refractivity contribution in [3.63, 3.8) is 0 Å². The number of nitrogens with one attached hydrogen (secondary N) is 1. The van der Waals surface area contributed by atoms with E-state index in [-0.39, 0.29) is 6.61 Å². The van der Waals surface area contributed by atoms with Crippen LogP contribution in [0, 0.1) is 13.8 Å². The number of aryl methyl sites for hydroxylation is 1. The van der Waals surface area contributed by atoms with Gasteiger partial charge in [0.15, 0.2) is 0 Å². The van der Waals surface area contributed by atoms with Crippen molar-refractivity contribution in [3.05, 3.63) is 17.6 Å². The molecule has 0 saturated heterocycles. The molecule has 21 heavy (non-hydrogen) atoms. The van der Waals surface area contributed by atoms with Crippen molar-refractivity contribution >= 4 is 16.9 Å². The van der Waals surface area contributed by atoms with Crippen molar-refractivity contribution in [3.8, 4) is 0 Å². The molecule has 1 saturated carbocycles. The lowest BCUT2D eigenvalue weighted by Gasteiger charge is -2.25. The van der Waals surface area contributed by atoms with Gasteiger partial charge in [-0.2, -0.15) is 0 Å². The van der Waals surface area contributed by atoms with Gasteiger partial charge in [0.25, 0.3) is 0 Å². The lowest BCUT2D eigenvalue weighted by atomic mass is 9.95. The first-order chi connectivity index (χ1) is 10.2. The number of aliphatic hydroxyl groups is 1. The third-order valence-electron chi connectivity index (χ3n) is 4.68. The van der Waals surface area contributed by atoms with Gasteiger partial charge in [-0.25, -0.2) is 9.97 Å². The van der Waals surface area contributed by atoms with Gasteiger partial charge in [0.05, 0.1) is 12.0 Å². The van der Waals surface area contributed by atoms with Crippen LogP contribution in [0.15, 0.2) is 6.33 Å². The smallest absolute Gasteiger partial charge is 0.146 e. The predicted molar refractivity (Wildman–Crippen MR) is 84.7 cm³/mol.